The molecular weight excluding hydrogens is 242 g/mol. The number of carbonyl (C=O) groups excluding carboxylic acids is 1. The molecule has 0 radical (unpaired) electrons. The van der Waals surface area contributed by atoms with Crippen molar-refractivity contribution in [3.05, 3.63) is 53.2 Å². The minimum atomic E-state index is 0.431. The predicted octanol–water partition coefficient (Wildman–Crippen LogP) is 3.06. The minimum Gasteiger partial charge on any atom is -0.468 e. The number of aryl methyl sites for hydroxylation is 2. The average molecular weight is 261 g/mol. The zero-order valence-corrected chi connectivity index (χ0v) is 11.6. The van der Waals surface area contributed by atoms with Crippen LogP contribution in [-0.2, 0) is 16.0 Å². The molecule has 0 fully saturated rings. The van der Waals surface area contributed by atoms with Crippen LogP contribution in [0.15, 0.2) is 34.9 Å². The van der Waals surface area contributed by atoms with Crippen molar-refractivity contribution in [2.75, 3.05) is 6.61 Å². The van der Waals surface area contributed by atoms with E-state index in [0.717, 1.165) is 18.0 Å². The summed E-state index contributed by atoms with van der Waals surface area (Å²) in [7, 11) is 0. The lowest BCUT2D eigenvalue weighted by molar-refractivity contribution is -0.128. The number of rotatable bonds is 4. The van der Waals surface area contributed by atoms with Crippen molar-refractivity contribution in [1.82, 2.24) is 4.98 Å². The smallest absolute Gasteiger partial charge is 0.293 e. The second-order valence-electron chi connectivity index (χ2n) is 4.04. The van der Waals surface area contributed by atoms with Gasteiger partial charge in [-0.05, 0) is 31.9 Å². The Morgan fingerprint density at radius 1 is 1.32 bits per heavy atom. The standard InChI is InChI=1S/C12H13NO.C3H6O2/c1-9-5-3-4-6-11(9)7-12-13-10(2)8-14-12;1-2-5-3-4/h3-6,8H,7H2,1-2H3;3H,2H2,1H3. The first-order chi connectivity index (χ1) is 9.17. The number of hydrogen-bond donors (Lipinski definition) is 0. The molecule has 0 saturated heterocycles. The molecule has 0 amide bonds. The van der Waals surface area contributed by atoms with Crippen LogP contribution in [0.2, 0.25) is 0 Å². The van der Waals surface area contributed by atoms with Gasteiger partial charge in [-0.3, -0.25) is 4.79 Å². The zero-order chi connectivity index (χ0) is 14.1. The molecule has 0 aliphatic rings. The molecule has 4 heteroatoms. The Morgan fingerprint density at radius 2 is 2.05 bits per heavy atom. The first kappa shape index (κ1) is 15.0. The second-order valence-corrected chi connectivity index (χ2v) is 4.04. The van der Waals surface area contributed by atoms with E-state index in [4.69, 9.17) is 4.42 Å². The molecule has 1 aromatic carbocycles. The van der Waals surface area contributed by atoms with Crippen LogP contribution in [0.3, 0.4) is 0 Å². The number of nitrogens with zero attached hydrogens (tertiary/aromatic N) is 1. The zero-order valence-electron chi connectivity index (χ0n) is 11.6. The maximum atomic E-state index is 9.18. The highest BCUT2D eigenvalue weighted by Crippen LogP contribution is 2.12. The largest absolute Gasteiger partial charge is 0.468 e. The van der Waals surface area contributed by atoms with E-state index in [2.05, 4.69) is 28.8 Å². The van der Waals surface area contributed by atoms with E-state index < -0.39 is 0 Å². The summed E-state index contributed by atoms with van der Waals surface area (Å²) in [4.78, 5) is 13.5. The van der Waals surface area contributed by atoms with Gasteiger partial charge in [0.2, 0.25) is 0 Å². The number of ether oxygens (including phenoxy) is 1. The van der Waals surface area contributed by atoms with E-state index in [0.29, 0.717) is 13.1 Å². The molecular formula is C15H19NO3. The van der Waals surface area contributed by atoms with Crippen molar-refractivity contribution >= 4 is 6.47 Å². The van der Waals surface area contributed by atoms with Gasteiger partial charge in [0.1, 0.15) is 6.26 Å². The van der Waals surface area contributed by atoms with Crippen LogP contribution < -0.4 is 0 Å². The van der Waals surface area contributed by atoms with Gasteiger partial charge in [-0.1, -0.05) is 24.3 Å². The lowest BCUT2D eigenvalue weighted by atomic mass is 10.1. The summed E-state index contributed by atoms with van der Waals surface area (Å²) in [6.45, 7) is 6.70. The summed E-state index contributed by atoms with van der Waals surface area (Å²) >= 11 is 0. The van der Waals surface area contributed by atoms with Crippen LogP contribution >= 0.6 is 0 Å². The highest BCUT2D eigenvalue weighted by Gasteiger charge is 2.03. The van der Waals surface area contributed by atoms with Gasteiger partial charge in [0.15, 0.2) is 5.89 Å². The first-order valence-corrected chi connectivity index (χ1v) is 6.18. The third-order valence-electron chi connectivity index (χ3n) is 2.50. The predicted molar refractivity (Wildman–Crippen MR) is 72.9 cm³/mol. The van der Waals surface area contributed by atoms with Crippen molar-refractivity contribution in [2.24, 2.45) is 0 Å². The van der Waals surface area contributed by atoms with Crippen molar-refractivity contribution in [1.29, 1.82) is 0 Å². The number of benzene rings is 1. The van der Waals surface area contributed by atoms with Crippen molar-refractivity contribution in [3.8, 4) is 0 Å². The quantitative estimate of drug-likeness (QED) is 0.794. The van der Waals surface area contributed by atoms with Gasteiger partial charge in [-0.15, -0.1) is 0 Å². The molecule has 0 N–H and O–H groups in total. The molecule has 102 valence electrons. The Hall–Kier alpha value is -2.10. The number of oxazole rings is 1. The van der Waals surface area contributed by atoms with E-state index in [1.165, 1.54) is 11.1 Å². The summed E-state index contributed by atoms with van der Waals surface area (Å²) in [6, 6.07) is 8.29. The number of hydrogen-bond acceptors (Lipinski definition) is 4. The van der Waals surface area contributed by atoms with Crippen molar-refractivity contribution in [3.63, 3.8) is 0 Å². The molecule has 0 bridgehead atoms. The van der Waals surface area contributed by atoms with E-state index in [1.807, 2.05) is 19.1 Å². The van der Waals surface area contributed by atoms with E-state index >= 15 is 0 Å². The molecule has 19 heavy (non-hydrogen) atoms. The van der Waals surface area contributed by atoms with Crippen molar-refractivity contribution in [2.45, 2.75) is 27.2 Å². The Bertz CT molecular complexity index is 506. The van der Waals surface area contributed by atoms with E-state index in [9.17, 15) is 4.79 Å². The van der Waals surface area contributed by atoms with Gasteiger partial charge < -0.3 is 9.15 Å². The molecule has 0 spiro atoms. The van der Waals surface area contributed by atoms with Gasteiger partial charge in [0.05, 0.1) is 12.3 Å². The monoisotopic (exact) mass is 261 g/mol. The Labute approximate surface area is 113 Å². The fraction of sp³-hybridized carbons (Fsp3) is 0.333. The molecule has 4 nitrogen and oxygen atoms in total. The summed E-state index contributed by atoms with van der Waals surface area (Å²) in [5, 5.41) is 0. The van der Waals surface area contributed by atoms with E-state index in [1.54, 1.807) is 13.2 Å². The normalized spacial score (nSPS) is 9.42. The third-order valence-corrected chi connectivity index (χ3v) is 2.50. The van der Waals surface area contributed by atoms with Crippen LogP contribution in [0.5, 0.6) is 0 Å². The third kappa shape index (κ3) is 5.38. The number of carbonyl (C=O) groups is 1. The molecule has 0 aliphatic heterocycles. The molecule has 0 unspecified atom stereocenters. The molecule has 2 rings (SSSR count). The van der Waals surface area contributed by atoms with Crippen LogP contribution in [0, 0.1) is 13.8 Å². The summed E-state index contributed by atoms with van der Waals surface area (Å²) in [5.41, 5.74) is 3.49. The fourth-order valence-corrected chi connectivity index (χ4v) is 1.52. The van der Waals surface area contributed by atoms with Crippen LogP contribution in [0.1, 0.15) is 29.6 Å². The number of aromatic nitrogens is 1. The Kier molecular flexibility index (Phi) is 6.36. The van der Waals surface area contributed by atoms with Gasteiger partial charge >= 0.3 is 0 Å². The van der Waals surface area contributed by atoms with Gasteiger partial charge in [-0.25, -0.2) is 4.98 Å². The van der Waals surface area contributed by atoms with Gasteiger partial charge in [0, 0.05) is 6.42 Å². The highest BCUT2D eigenvalue weighted by atomic mass is 16.5. The molecule has 1 aromatic heterocycles. The minimum absolute atomic E-state index is 0.431. The highest BCUT2D eigenvalue weighted by molar-refractivity contribution is 5.36. The average Bonchev–Trinajstić information content (AvgIpc) is 2.80. The Morgan fingerprint density at radius 3 is 2.53 bits per heavy atom. The topological polar surface area (TPSA) is 52.3 Å². The molecule has 1 heterocycles. The van der Waals surface area contributed by atoms with Crippen molar-refractivity contribution < 1.29 is 13.9 Å². The SMILES string of the molecule is CCOC=O.Cc1coc(Cc2ccccc2C)n1. The molecule has 0 aliphatic carbocycles. The fourth-order valence-electron chi connectivity index (χ4n) is 1.52. The van der Waals surface area contributed by atoms with Gasteiger partial charge in [0.25, 0.3) is 6.47 Å². The lowest BCUT2D eigenvalue weighted by Gasteiger charge is -2.01. The lowest BCUT2D eigenvalue weighted by Crippen LogP contribution is -1.91. The van der Waals surface area contributed by atoms with Gasteiger partial charge in [-0.2, -0.15) is 0 Å². The maximum Gasteiger partial charge on any atom is 0.293 e. The second kappa shape index (κ2) is 8.08. The molecule has 0 atom stereocenters. The Balaban J connectivity index is 0.000000312. The first-order valence-electron chi connectivity index (χ1n) is 6.18. The molecule has 2 aromatic rings. The summed E-state index contributed by atoms with van der Waals surface area (Å²) in [5.74, 6) is 0.789. The van der Waals surface area contributed by atoms with E-state index in [-0.39, 0.29) is 0 Å². The molecule has 0 saturated carbocycles. The van der Waals surface area contributed by atoms with Crippen LogP contribution in [-0.4, -0.2) is 18.1 Å². The van der Waals surface area contributed by atoms with Crippen LogP contribution in [0.4, 0.5) is 0 Å². The summed E-state index contributed by atoms with van der Waals surface area (Å²) < 4.78 is 9.46. The van der Waals surface area contributed by atoms with Crippen LogP contribution in [0.25, 0.3) is 0 Å². The maximum absolute atomic E-state index is 9.18. The summed E-state index contributed by atoms with van der Waals surface area (Å²) in [6.07, 6.45) is 2.47.